The first kappa shape index (κ1) is 13.2. The highest BCUT2D eigenvalue weighted by Gasteiger charge is 1.91. The summed E-state index contributed by atoms with van der Waals surface area (Å²) in [5, 5.41) is 0.231. The first-order chi connectivity index (χ1) is 9.36. The molecule has 0 aliphatic rings. The van der Waals surface area contributed by atoms with E-state index in [1.54, 1.807) is 0 Å². The monoisotopic (exact) mass is 269 g/mol. The van der Waals surface area contributed by atoms with Crippen LogP contribution in [0.2, 0.25) is 5.28 Å². The minimum absolute atomic E-state index is 0.231. The van der Waals surface area contributed by atoms with Crippen LogP contribution in [0.3, 0.4) is 0 Å². The molecule has 3 rings (SSSR count). The van der Waals surface area contributed by atoms with Crippen molar-refractivity contribution in [1.29, 1.82) is 0 Å². The van der Waals surface area contributed by atoms with Gasteiger partial charge in [0.05, 0.1) is 0 Å². The van der Waals surface area contributed by atoms with E-state index in [1.807, 2.05) is 12.1 Å². The maximum Gasteiger partial charge on any atom is 0.225 e. The summed E-state index contributed by atoms with van der Waals surface area (Å²) in [7, 11) is 0. The van der Waals surface area contributed by atoms with E-state index in [-0.39, 0.29) is 5.28 Å². The number of hydrogen-bond acceptors (Lipinski definition) is 3. The summed E-state index contributed by atoms with van der Waals surface area (Å²) >= 11 is 5.28. The lowest BCUT2D eigenvalue weighted by molar-refractivity contribution is 1.05. The normalized spacial score (nSPS) is 9.32. The van der Waals surface area contributed by atoms with Crippen LogP contribution in [0.25, 0.3) is 11.1 Å². The average Bonchev–Trinajstić information content (AvgIpc) is 2.51. The summed E-state index contributed by atoms with van der Waals surface area (Å²) in [5.74, 6) is 0. The van der Waals surface area contributed by atoms with Gasteiger partial charge < -0.3 is 0 Å². The minimum atomic E-state index is 0.231. The lowest BCUT2D eigenvalue weighted by Gasteiger charge is -1.98. The Balaban J connectivity index is 0.000000163. The molecule has 0 radical (unpaired) electrons. The van der Waals surface area contributed by atoms with Gasteiger partial charge in [0.2, 0.25) is 5.28 Å². The molecule has 1 heterocycles. The van der Waals surface area contributed by atoms with Crippen LogP contribution in [-0.2, 0) is 0 Å². The summed E-state index contributed by atoms with van der Waals surface area (Å²) in [5.41, 5.74) is 2.55. The second kappa shape index (κ2) is 7.24. The zero-order chi connectivity index (χ0) is 13.3. The van der Waals surface area contributed by atoms with E-state index in [0.717, 1.165) is 0 Å². The van der Waals surface area contributed by atoms with Crippen LogP contribution in [0.1, 0.15) is 0 Å². The van der Waals surface area contributed by atoms with Crippen LogP contribution in [0, 0.1) is 0 Å². The summed E-state index contributed by atoms with van der Waals surface area (Å²) in [6.07, 6.45) is 2.69. The number of aromatic nitrogens is 3. The van der Waals surface area contributed by atoms with Crippen molar-refractivity contribution >= 4 is 11.6 Å². The van der Waals surface area contributed by atoms with Gasteiger partial charge >= 0.3 is 0 Å². The third-order valence-corrected chi connectivity index (χ3v) is 2.54. The molecule has 0 unspecified atom stereocenters. The van der Waals surface area contributed by atoms with Crippen molar-refractivity contribution in [1.82, 2.24) is 15.0 Å². The Labute approximate surface area is 117 Å². The fourth-order valence-corrected chi connectivity index (χ4v) is 1.57. The highest BCUT2D eigenvalue weighted by Crippen LogP contribution is 2.17. The van der Waals surface area contributed by atoms with Gasteiger partial charge in [-0.3, -0.25) is 0 Å². The molecule has 2 aromatic carbocycles. The molecule has 0 bridgehead atoms. The van der Waals surface area contributed by atoms with Crippen molar-refractivity contribution in [3.63, 3.8) is 0 Å². The van der Waals surface area contributed by atoms with Gasteiger partial charge in [-0.05, 0) is 22.7 Å². The Morgan fingerprint density at radius 2 is 1.05 bits per heavy atom. The number of hydrogen-bond donors (Lipinski definition) is 0. The Bertz CT molecular complexity index is 548. The molecule has 0 N–H and O–H groups in total. The van der Waals surface area contributed by atoms with Gasteiger partial charge in [0, 0.05) is 0 Å². The molecule has 0 atom stereocenters. The Hall–Kier alpha value is -2.26. The van der Waals surface area contributed by atoms with Crippen LogP contribution >= 0.6 is 11.6 Å². The molecule has 3 nitrogen and oxygen atoms in total. The molecule has 4 heteroatoms. The SMILES string of the molecule is Clc1ncncn1.c1ccc(-c2ccccc2)cc1. The summed E-state index contributed by atoms with van der Waals surface area (Å²) in [4.78, 5) is 10.6. The summed E-state index contributed by atoms with van der Waals surface area (Å²) in [6, 6.07) is 20.8. The van der Waals surface area contributed by atoms with Crippen LogP contribution in [0.5, 0.6) is 0 Å². The van der Waals surface area contributed by atoms with Crippen molar-refractivity contribution in [3.05, 3.63) is 78.6 Å². The fraction of sp³-hybridized carbons (Fsp3) is 0. The quantitative estimate of drug-likeness (QED) is 0.673. The average molecular weight is 270 g/mol. The third kappa shape index (κ3) is 4.48. The van der Waals surface area contributed by atoms with Crippen molar-refractivity contribution in [3.8, 4) is 11.1 Å². The molecule has 19 heavy (non-hydrogen) atoms. The standard InChI is InChI=1S/C12H10.C3H2ClN3/c1-3-7-11(8-4-1)12-9-5-2-6-10-12;4-3-6-1-5-2-7-3/h1-10H;1-2H. The first-order valence-corrected chi connectivity index (χ1v) is 6.12. The van der Waals surface area contributed by atoms with Crippen molar-refractivity contribution in [2.24, 2.45) is 0 Å². The van der Waals surface area contributed by atoms with Crippen molar-refractivity contribution in [2.75, 3.05) is 0 Å². The van der Waals surface area contributed by atoms with E-state index in [0.29, 0.717) is 0 Å². The van der Waals surface area contributed by atoms with E-state index in [4.69, 9.17) is 11.6 Å². The van der Waals surface area contributed by atoms with Crippen LogP contribution in [0.15, 0.2) is 73.3 Å². The molecular weight excluding hydrogens is 258 g/mol. The van der Waals surface area contributed by atoms with E-state index >= 15 is 0 Å². The highest BCUT2D eigenvalue weighted by atomic mass is 35.5. The Kier molecular flexibility index (Phi) is 5.02. The lowest BCUT2D eigenvalue weighted by Crippen LogP contribution is -1.79. The zero-order valence-electron chi connectivity index (χ0n) is 10.1. The molecular formula is C15H12ClN3. The molecule has 0 fully saturated rings. The van der Waals surface area contributed by atoms with E-state index < -0.39 is 0 Å². The number of rotatable bonds is 1. The van der Waals surface area contributed by atoms with Crippen LogP contribution in [0.4, 0.5) is 0 Å². The van der Waals surface area contributed by atoms with Gasteiger partial charge in [-0.2, -0.15) is 0 Å². The summed E-state index contributed by atoms with van der Waals surface area (Å²) in [6.45, 7) is 0. The third-order valence-electron chi connectivity index (χ3n) is 2.34. The van der Waals surface area contributed by atoms with Crippen LogP contribution in [-0.4, -0.2) is 15.0 Å². The van der Waals surface area contributed by atoms with Crippen molar-refractivity contribution < 1.29 is 0 Å². The fourth-order valence-electron chi connectivity index (χ4n) is 1.49. The second-order valence-corrected chi connectivity index (χ2v) is 3.98. The van der Waals surface area contributed by atoms with Gasteiger partial charge in [-0.25, -0.2) is 15.0 Å². The van der Waals surface area contributed by atoms with Gasteiger partial charge in [0.15, 0.2) is 0 Å². The second-order valence-electron chi connectivity index (χ2n) is 3.64. The largest absolute Gasteiger partial charge is 0.225 e. The van der Waals surface area contributed by atoms with E-state index in [1.165, 1.54) is 23.8 Å². The Morgan fingerprint density at radius 3 is 1.37 bits per heavy atom. The Morgan fingerprint density at radius 1 is 0.632 bits per heavy atom. The number of benzene rings is 2. The van der Waals surface area contributed by atoms with Gasteiger partial charge in [-0.15, -0.1) is 0 Å². The molecule has 1 aromatic heterocycles. The van der Waals surface area contributed by atoms with Gasteiger partial charge in [-0.1, -0.05) is 60.7 Å². The van der Waals surface area contributed by atoms with Crippen molar-refractivity contribution in [2.45, 2.75) is 0 Å². The lowest BCUT2D eigenvalue weighted by atomic mass is 10.1. The zero-order valence-corrected chi connectivity index (χ0v) is 10.9. The highest BCUT2D eigenvalue weighted by molar-refractivity contribution is 6.28. The molecule has 0 amide bonds. The first-order valence-electron chi connectivity index (χ1n) is 5.74. The number of nitrogens with zero attached hydrogens (tertiary/aromatic N) is 3. The van der Waals surface area contributed by atoms with E-state index in [9.17, 15) is 0 Å². The molecule has 94 valence electrons. The molecule has 0 aliphatic heterocycles. The topological polar surface area (TPSA) is 38.7 Å². The minimum Gasteiger partial charge on any atom is -0.225 e. The molecule has 0 saturated heterocycles. The molecule has 0 aliphatic carbocycles. The molecule has 0 saturated carbocycles. The predicted octanol–water partition coefficient (Wildman–Crippen LogP) is 3.88. The maximum atomic E-state index is 5.28. The van der Waals surface area contributed by atoms with Gasteiger partial charge in [0.1, 0.15) is 12.7 Å². The predicted molar refractivity (Wildman–Crippen MR) is 76.7 cm³/mol. The van der Waals surface area contributed by atoms with Crippen LogP contribution < -0.4 is 0 Å². The molecule has 0 spiro atoms. The smallest absolute Gasteiger partial charge is 0.225 e. The number of halogens is 1. The van der Waals surface area contributed by atoms with Gasteiger partial charge in [0.25, 0.3) is 0 Å². The molecule has 3 aromatic rings. The van der Waals surface area contributed by atoms with E-state index in [2.05, 4.69) is 63.5 Å². The maximum absolute atomic E-state index is 5.28. The summed E-state index contributed by atoms with van der Waals surface area (Å²) < 4.78 is 0.